The number of amides is 1. The van der Waals surface area contributed by atoms with Gasteiger partial charge in [-0.3, -0.25) is 9.69 Å². The summed E-state index contributed by atoms with van der Waals surface area (Å²) < 4.78 is 5.35. The number of rotatable bonds is 4. The van der Waals surface area contributed by atoms with Crippen LogP contribution in [0.3, 0.4) is 0 Å². The fourth-order valence-corrected chi connectivity index (χ4v) is 2.98. The van der Waals surface area contributed by atoms with E-state index in [-0.39, 0.29) is 24.9 Å². The number of β-amino-alcohol motifs (C(OH)–C–C–N with tert-alkyl or cyclic N) is 1. The van der Waals surface area contributed by atoms with Crippen molar-refractivity contribution in [2.45, 2.75) is 44.9 Å². The van der Waals surface area contributed by atoms with Crippen molar-refractivity contribution < 1.29 is 19.4 Å². The largest absolute Gasteiger partial charge is 0.444 e. The Bertz CT molecular complexity index is 597. The zero-order valence-electron chi connectivity index (χ0n) is 15.4. The molecule has 6 nitrogen and oxygen atoms in total. The maximum Gasteiger partial charge on any atom is 0.410 e. The number of likely N-dealkylation sites (tertiary alicyclic amines) is 1. The number of benzene rings is 1. The molecule has 0 spiro atoms. The molecule has 2 atom stereocenters. The van der Waals surface area contributed by atoms with E-state index in [1.807, 2.05) is 50.9 Å². The van der Waals surface area contributed by atoms with E-state index in [9.17, 15) is 14.7 Å². The molecule has 6 heteroatoms. The molecule has 25 heavy (non-hydrogen) atoms. The third kappa shape index (κ3) is 5.54. The molecule has 1 heterocycles. The molecule has 0 radical (unpaired) electrons. The van der Waals surface area contributed by atoms with Gasteiger partial charge < -0.3 is 14.7 Å². The van der Waals surface area contributed by atoms with Gasteiger partial charge in [-0.1, -0.05) is 30.3 Å². The van der Waals surface area contributed by atoms with Gasteiger partial charge in [-0.15, -0.1) is 0 Å². The van der Waals surface area contributed by atoms with E-state index >= 15 is 0 Å². The van der Waals surface area contributed by atoms with Gasteiger partial charge >= 0.3 is 6.09 Å². The number of ketones is 1. The first-order chi connectivity index (χ1) is 11.7. The molecule has 0 aliphatic carbocycles. The van der Waals surface area contributed by atoms with Crippen molar-refractivity contribution in [3.05, 3.63) is 35.9 Å². The molecule has 0 aromatic heterocycles. The van der Waals surface area contributed by atoms with Crippen LogP contribution in [-0.4, -0.2) is 71.2 Å². The van der Waals surface area contributed by atoms with Crippen molar-refractivity contribution in [3.8, 4) is 0 Å². The molecule has 1 saturated heterocycles. The Morgan fingerprint density at radius 3 is 2.48 bits per heavy atom. The summed E-state index contributed by atoms with van der Waals surface area (Å²) in [5.41, 5.74) is 0.104. The van der Waals surface area contributed by atoms with Gasteiger partial charge in [0, 0.05) is 18.2 Å². The van der Waals surface area contributed by atoms with Gasteiger partial charge in [0.25, 0.3) is 0 Å². The van der Waals surface area contributed by atoms with Crippen molar-refractivity contribution in [1.82, 2.24) is 9.80 Å². The first-order valence-corrected chi connectivity index (χ1v) is 8.62. The topological polar surface area (TPSA) is 70.1 Å². The average molecular weight is 348 g/mol. The zero-order chi connectivity index (χ0) is 18.6. The number of carbonyl (C=O) groups is 2. The van der Waals surface area contributed by atoms with Crippen molar-refractivity contribution in [3.63, 3.8) is 0 Å². The average Bonchev–Trinajstić information content (AvgIpc) is 2.53. The quantitative estimate of drug-likeness (QED) is 0.845. The SMILES string of the molecule is CN(CC(=O)c1ccccc1)[C@H]1CCN(C(=O)OC(C)(C)C)C[C@@H]1O. The van der Waals surface area contributed by atoms with Crippen molar-refractivity contribution in [1.29, 1.82) is 0 Å². The molecule has 0 saturated carbocycles. The molecule has 0 unspecified atom stereocenters. The summed E-state index contributed by atoms with van der Waals surface area (Å²) in [5.74, 6) is 0.0184. The van der Waals surface area contributed by atoms with Gasteiger partial charge in [-0.05, 0) is 34.2 Å². The molecule has 1 aromatic carbocycles. The van der Waals surface area contributed by atoms with Crippen LogP contribution < -0.4 is 0 Å². The number of hydrogen-bond acceptors (Lipinski definition) is 5. The number of likely N-dealkylation sites (N-methyl/N-ethyl adjacent to an activating group) is 1. The molecule has 1 amide bonds. The van der Waals surface area contributed by atoms with E-state index in [1.165, 1.54) is 4.90 Å². The van der Waals surface area contributed by atoms with E-state index in [0.717, 1.165) is 0 Å². The molecular weight excluding hydrogens is 320 g/mol. The minimum Gasteiger partial charge on any atom is -0.444 e. The lowest BCUT2D eigenvalue weighted by atomic mass is 10.00. The standard InChI is InChI=1S/C19H28N2O4/c1-19(2,3)25-18(24)21-11-10-15(17(23)13-21)20(4)12-16(22)14-8-6-5-7-9-14/h5-9,15,17,23H,10-13H2,1-4H3/t15-,17-/m0/s1. The minimum absolute atomic E-state index is 0.0184. The highest BCUT2D eigenvalue weighted by Gasteiger charge is 2.34. The van der Waals surface area contributed by atoms with Crippen LogP contribution in [0.1, 0.15) is 37.6 Å². The Hall–Kier alpha value is -1.92. The van der Waals surface area contributed by atoms with Gasteiger partial charge in [-0.2, -0.15) is 0 Å². The fraction of sp³-hybridized carbons (Fsp3) is 0.579. The fourth-order valence-electron chi connectivity index (χ4n) is 2.98. The Kier molecular flexibility index (Phi) is 6.19. The van der Waals surface area contributed by atoms with Crippen LogP contribution in [0.4, 0.5) is 4.79 Å². The summed E-state index contributed by atoms with van der Waals surface area (Å²) in [6.45, 7) is 6.40. The predicted octanol–water partition coefficient (Wildman–Crippen LogP) is 2.17. The highest BCUT2D eigenvalue weighted by atomic mass is 16.6. The van der Waals surface area contributed by atoms with Gasteiger partial charge in [0.2, 0.25) is 0 Å². The number of hydrogen-bond donors (Lipinski definition) is 1. The highest BCUT2D eigenvalue weighted by molar-refractivity contribution is 5.97. The summed E-state index contributed by atoms with van der Waals surface area (Å²) in [7, 11) is 1.83. The third-order valence-electron chi connectivity index (χ3n) is 4.25. The van der Waals surface area contributed by atoms with E-state index in [1.54, 1.807) is 12.1 Å². The van der Waals surface area contributed by atoms with Crippen LogP contribution in [0.15, 0.2) is 30.3 Å². The number of carbonyl (C=O) groups excluding carboxylic acids is 2. The second-order valence-electron chi connectivity index (χ2n) is 7.55. The molecule has 2 rings (SSSR count). The van der Waals surface area contributed by atoms with Gasteiger partial charge in [0.05, 0.1) is 19.2 Å². The van der Waals surface area contributed by atoms with Crippen LogP contribution in [0.25, 0.3) is 0 Å². The van der Waals surface area contributed by atoms with E-state index < -0.39 is 17.8 Å². The Morgan fingerprint density at radius 1 is 1.28 bits per heavy atom. The summed E-state index contributed by atoms with van der Waals surface area (Å²) in [6, 6.07) is 8.96. The normalized spacial score (nSPS) is 21.3. The second kappa shape index (κ2) is 7.97. The number of nitrogens with zero attached hydrogens (tertiary/aromatic N) is 2. The second-order valence-corrected chi connectivity index (χ2v) is 7.55. The minimum atomic E-state index is -0.713. The summed E-state index contributed by atoms with van der Waals surface area (Å²) in [6.07, 6.45) is -0.526. The number of ether oxygens (including phenoxy) is 1. The summed E-state index contributed by atoms with van der Waals surface area (Å²) in [5, 5.41) is 10.4. The van der Waals surface area contributed by atoms with Crippen LogP contribution in [0, 0.1) is 0 Å². The van der Waals surface area contributed by atoms with Crippen molar-refractivity contribution in [2.75, 3.05) is 26.7 Å². The molecule has 1 aromatic rings. The maximum absolute atomic E-state index is 12.3. The van der Waals surface area contributed by atoms with E-state index in [2.05, 4.69) is 0 Å². The lowest BCUT2D eigenvalue weighted by molar-refractivity contribution is -0.0231. The summed E-state index contributed by atoms with van der Waals surface area (Å²) in [4.78, 5) is 27.8. The van der Waals surface area contributed by atoms with Gasteiger partial charge in [0.15, 0.2) is 5.78 Å². The van der Waals surface area contributed by atoms with Gasteiger partial charge in [-0.25, -0.2) is 4.79 Å². The Morgan fingerprint density at radius 2 is 1.92 bits per heavy atom. The number of aliphatic hydroxyl groups is 1. The lowest BCUT2D eigenvalue weighted by Crippen LogP contribution is -2.55. The monoisotopic (exact) mass is 348 g/mol. The number of aliphatic hydroxyl groups excluding tert-OH is 1. The molecule has 138 valence electrons. The van der Waals surface area contributed by atoms with Crippen LogP contribution in [-0.2, 0) is 4.74 Å². The van der Waals surface area contributed by atoms with Crippen molar-refractivity contribution >= 4 is 11.9 Å². The first kappa shape index (κ1) is 19.4. The summed E-state index contributed by atoms with van der Waals surface area (Å²) >= 11 is 0. The van der Waals surface area contributed by atoms with Gasteiger partial charge in [0.1, 0.15) is 5.60 Å². The van der Waals surface area contributed by atoms with Crippen LogP contribution in [0.5, 0.6) is 0 Å². The molecule has 0 bridgehead atoms. The number of Topliss-reactive ketones (excluding diaryl/α,β-unsaturated/α-hetero) is 1. The number of piperidine rings is 1. The van der Waals surface area contributed by atoms with E-state index in [4.69, 9.17) is 4.74 Å². The maximum atomic E-state index is 12.3. The zero-order valence-corrected chi connectivity index (χ0v) is 15.4. The first-order valence-electron chi connectivity index (χ1n) is 8.62. The molecule has 1 fully saturated rings. The lowest BCUT2D eigenvalue weighted by Gasteiger charge is -2.40. The van der Waals surface area contributed by atoms with Crippen LogP contribution in [0.2, 0.25) is 0 Å². The molecule has 1 aliphatic heterocycles. The Balaban J connectivity index is 1.90. The molecule has 1 N–H and O–H groups in total. The van der Waals surface area contributed by atoms with Crippen molar-refractivity contribution in [2.24, 2.45) is 0 Å². The van der Waals surface area contributed by atoms with Crippen LogP contribution >= 0.6 is 0 Å². The Labute approximate surface area is 149 Å². The molecule has 1 aliphatic rings. The predicted molar refractivity (Wildman–Crippen MR) is 95.6 cm³/mol. The molecular formula is C19H28N2O4. The third-order valence-corrected chi connectivity index (χ3v) is 4.25. The smallest absolute Gasteiger partial charge is 0.410 e. The van der Waals surface area contributed by atoms with E-state index in [0.29, 0.717) is 18.5 Å². The highest BCUT2D eigenvalue weighted by Crippen LogP contribution is 2.19.